The largest absolute Gasteiger partial charge is 0.469 e. The summed E-state index contributed by atoms with van der Waals surface area (Å²) < 4.78 is 4.77. The molecule has 0 aliphatic carbocycles. The molecule has 0 aromatic heterocycles. The Kier molecular flexibility index (Phi) is 10.6. The number of carbonyl (C=O) groups excluding carboxylic acids is 1. The molecular formula is C19H31IN4O2. The van der Waals surface area contributed by atoms with Gasteiger partial charge in [0.15, 0.2) is 5.96 Å². The molecule has 0 saturated carbocycles. The first-order valence-electron chi connectivity index (χ1n) is 9.01. The predicted octanol–water partition coefficient (Wildman–Crippen LogP) is 2.20. The number of ether oxygens (including phenoxy) is 1. The van der Waals surface area contributed by atoms with E-state index in [1.165, 1.54) is 12.7 Å². The summed E-state index contributed by atoms with van der Waals surface area (Å²) in [5.41, 5.74) is 1.35. The molecular weight excluding hydrogens is 443 g/mol. The van der Waals surface area contributed by atoms with Gasteiger partial charge in [-0.25, -0.2) is 0 Å². The van der Waals surface area contributed by atoms with E-state index < -0.39 is 0 Å². The minimum Gasteiger partial charge on any atom is -0.469 e. The molecule has 1 fully saturated rings. The molecule has 1 atom stereocenters. The number of methoxy groups -OCH3 is 1. The zero-order chi connectivity index (χ0) is 18.1. The van der Waals surface area contributed by atoms with E-state index >= 15 is 0 Å². The Morgan fingerprint density at radius 1 is 1.23 bits per heavy atom. The molecule has 7 heteroatoms. The van der Waals surface area contributed by atoms with E-state index in [0.717, 1.165) is 45.2 Å². The van der Waals surface area contributed by atoms with E-state index in [9.17, 15) is 4.79 Å². The molecule has 0 spiro atoms. The summed E-state index contributed by atoms with van der Waals surface area (Å²) >= 11 is 0. The lowest BCUT2D eigenvalue weighted by molar-refractivity contribution is -0.144. The molecule has 0 bridgehead atoms. The molecule has 1 heterocycles. The molecule has 26 heavy (non-hydrogen) atoms. The summed E-state index contributed by atoms with van der Waals surface area (Å²) in [6.07, 6.45) is 0. The summed E-state index contributed by atoms with van der Waals surface area (Å²) in [6.45, 7) is 10.0. The van der Waals surface area contributed by atoms with Gasteiger partial charge in [-0.3, -0.25) is 14.7 Å². The molecule has 1 aliphatic heterocycles. The zero-order valence-electron chi connectivity index (χ0n) is 16.0. The normalized spacial score (nSPS) is 16.6. The van der Waals surface area contributed by atoms with Gasteiger partial charge in [0.1, 0.15) is 0 Å². The topological polar surface area (TPSA) is 57.2 Å². The summed E-state index contributed by atoms with van der Waals surface area (Å²) in [7, 11) is 1.42. The van der Waals surface area contributed by atoms with Gasteiger partial charge in [0, 0.05) is 39.3 Å². The van der Waals surface area contributed by atoms with Crippen LogP contribution in [0.25, 0.3) is 0 Å². The van der Waals surface area contributed by atoms with Crippen LogP contribution in [-0.4, -0.2) is 68.1 Å². The maximum Gasteiger partial charge on any atom is 0.310 e. The number of esters is 1. The van der Waals surface area contributed by atoms with Gasteiger partial charge in [-0.1, -0.05) is 37.3 Å². The summed E-state index contributed by atoms with van der Waals surface area (Å²) in [5, 5.41) is 3.33. The van der Waals surface area contributed by atoms with Crippen LogP contribution in [0, 0.1) is 5.92 Å². The maximum atomic E-state index is 11.5. The average Bonchev–Trinajstić information content (AvgIpc) is 2.65. The third kappa shape index (κ3) is 7.11. The van der Waals surface area contributed by atoms with Crippen molar-refractivity contribution >= 4 is 35.9 Å². The van der Waals surface area contributed by atoms with Crippen molar-refractivity contribution in [3.05, 3.63) is 35.9 Å². The van der Waals surface area contributed by atoms with Crippen LogP contribution in [0.3, 0.4) is 0 Å². The number of piperazine rings is 1. The Bertz CT molecular complexity index is 560. The molecule has 146 valence electrons. The molecule has 2 rings (SSSR count). The van der Waals surface area contributed by atoms with Crippen molar-refractivity contribution < 1.29 is 9.53 Å². The predicted molar refractivity (Wildman–Crippen MR) is 116 cm³/mol. The fourth-order valence-electron chi connectivity index (χ4n) is 2.88. The number of benzene rings is 1. The number of aliphatic imine (C=N–C) groups is 1. The molecule has 1 aliphatic rings. The van der Waals surface area contributed by atoms with E-state index in [-0.39, 0.29) is 35.9 Å². The van der Waals surface area contributed by atoms with Crippen LogP contribution in [0.5, 0.6) is 0 Å². The van der Waals surface area contributed by atoms with Gasteiger partial charge in [0.05, 0.1) is 19.6 Å². The lowest BCUT2D eigenvalue weighted by Gasteiger charge is -2.36. The van der Waals surface area contributed by atoms with Gasteiger partial charge in [0.2, 0.25) is 0 Å². The highest BCUT2D eigenvalue weighted by atomic mass is 127. The fourth-order valence-corrected chi connectivity index (χ4v) is 2.88. The standard InChI is InChI=1S/C19H30N4O2.HI/c1-4-20-19(21-14-16(2)18(24)25-3)23-12-10-22(11-13-23)15-17-8-6-5-7-9-17;/h5-9,16H,4,10-15H2,1-3H3,(H,20,21);1H. The number of hydrogen-bond acceptors (Lipinski definition) is 4. The molecule has 1 saturated heterocycles. The number of rotatable bonds is 6. The molecule has 1 aromatic rings. The van der Waals surface area contributed by atoms with Gasteiger partial charge in [-0.2, -0.15) is 0 Å². The fraction of sp³-hybridized carbons (Fsp3) is 0.579. The van der Waals surface area contributed by atoms with Crippen molar-refractivity contribution in [2.45, 2.75) is 20.4 Å². The van der Waals surface area contributed by atoms with Gasteiger partial charge in [-0.15, -0.1) is 24.0 Å². The lowest BCUT2D eigenvalue weighted by Crippen LogP contribution is -2.52. The first-order chi connectivity index (χ1) is 12.1. The van der Waals surface area contributed by atoms with E-state index in [4.69, 9.17) is 4.74 Å². The van der Waals surface area contributed by atoms with E-state index in [2.05, 4.69) is 57.4 Å². The summed E-state index contributed by atoms with van der Waals surface area (Å²) in [5.74, 6) is 0.447. The monoisotopic (exact) mass is 474 g/mol. The van der Waals surface area contributed by atoms with Crippen LogP contribution in [0.15, 0.2) is 35.3 Å². The number of guanidine groups is 1. The Labute approximate surface area is 174 Å². The quantitative estimate of drug-likeness (QED) is 0.297. The van der Waals surface area contributed by atoms with Crippen LogP contribution in [0.2, 0.25) is 0 Å². The Morgan fingerprint density at radius 3 is 2.46 bits per heavy atom. The highest BCUT2D eigenvalue weighted by Crippen LogP contribution is 2.09. The van der Waals surface area contributed by atoms with Crippen molar-refractivity contribution in [1.82, 2.24) is 15.1 Å². The van der Waals surface area contributed by atoms with Crippen molar-refractivity contribution in [3.63, 3.8) is 0 Å². The van der Waals surface area contributed by atoms with Crippen LogP contribution >= 0.6 is 24.0 Å². The number of nitrogens with zero attached hydrogens (tertiary/aromatic N) is 3. The van der Waals surface area contributed by atoms with Crippen LogP contribution in [0.1, 0.15) is 19.4 Å². The lowest BCUT2D eigenvalue weighted by atomic mass is 10.2. The number of halogens is 1. The summed E-state index contributed by atoms with van der Waals surface area (Å²) in [6, 6.07) is 10.6. The summed E-state index contributed by atoms with van der Waals surface area (Å²) in [4.78, 5) is 20.9. The zero-order valence-corrected chi connectivity index (χ0v) is 18.3. The van der Waals surface area contributed by atoms with Crippen molar-refractivity contribution in [2.75, 3.05) is 46.4 Å². The Balaban J connectivity index is 0.00000338. The Hall–Kier alpha value is -1.35. The third-order valence-electron chi connectivity index (χ3n) is 4.37. The molecule has 1 unspecified atom stereocenters. The highest BCUT2D eigenvalue weighted by molar-refractivity contribution is 14.0. The number of hydrogen-bond donors (Lipinski definition) is 1. The van der Waals surface area contributed by atoms with Crippen LogP contribution < -0.4 is 5.32 Å². The second-order valence-corrected chi connectivity index (χ2v) is 6.37. The molecule has 6 nitrogen and oxygen atoms in total. The molecule has 0 amide bonds. The van der Waals surface area contributed by atoms with Crippen LogP contribution in [0.4, 0.5) is 0 Å². The third-order valence-corrected chi connectivity index (χ3v) is 4.37. The minimum absolute atomic E-state index is 0. The van der Waals surface area contributed by atoms with Crippen LogP contribution in [-0.2, 0) is 16.1 Å². The van der Waals surface area contributed by atoms with Gasteiger partial charge >= 0.3 is 5.97 Å². The average molecular weight is 474 g/mol. The smallest absolute Gasteiger partial charge is 0.310 e. The maximum absolute atomic E-state index is 11.5. The van der Waals surface area contributed by atoms with Crippen molar-refractivity contribution in [2.24, 2.45) is 10.9 Å². The van der Waals surface area contributed by atoms with Gasteiger partial charge < -0.3 is 15.0 Å². The molecule has 1 N–H and O–H groups in total. The Morgan fingerprint density at radius 2 is 1.88 bits per heavy atom. The second kappa shape index (κ2) is 12.1. The number of carbonyl (C=O) groups is 1. The van der Waals surface area contributed by atoms with E-state index in [0.29, 0.717) is 6.54 Å². The first kappa shape index (κ1) is 22.7. The molecule has 0 radical (unpaired) electrons. The van der Waals surface area contributed by atoms with Gasteiger partial charge in [-0.05, 0) is 12.5 Å². The van der Waals surface area contributed by atoms with Gasteiger partial charge in [0.25, 0.3) is 0 Å². The second-order valence-electron chi connectivity index (χ2n) is 6.37. The van der Waals surface area contributed by atoms with Crippen molar-refractivity contribution in [1.29, 1.82) is 0 Å². The van der Waals surface area contributed by atoms with E-state index in [1.807, 2.05) is 6.92 Å². The highest BCUT2D eigenvalue weighted by Gasteiger charge is 2.20. The molecule has 1 aromatic carbocycles. The number of nitrogens with one attached hydrogen (secondary N) is 1. The van der Waals surface area contributed by atoms with Crippen molar-refractivity contribution in [3.8, 4) is 0 Å². The SMILES string of the molecule is CCNC(=NCC(C)C(=O)OC)N1CCN(Cc2ccccc2)CC1.I. The minimum atomic E-state index is -0.224. The first-order valence-corrected chi connectivity index (χ1v) is 9.01. The van der Waals surface area contributed by atoms with E-state index in [1.54, 1.807) is 0 Å².